The van der Waals surface area contributed by atoms with Gasteiger partial charge in [-0.15, -0.1) is 0 Å². The molecule has 1 aromatic carbocycles. The highest BCUT2D eigenvalue weighted by Gasteiger charge is 2.41. The van der Waals surface area contributed by atoms with Crippen molar-refractivity contribution in [2.24, 2.45) is 0 Å². The molecule has 0 saturated carbocycles. The molecule has 1 atom stereocenters. The lowest BCUT2D eigenvalue weighted by atomic mass is 9.67. The van der Waals surface area contributed by atoms with E-state index in [-0.39, 0.29) is 22.5 Å². The standard InChI is InChI=1S/C21H26N2O3/c1-20(2)15-21(12-14-26-20,16-7-4-3-5-8-16)11-13-22-19(25)17-9-6-10-18(24)23-17/h3-10H,11-15H2,1-2H3,(H,22,25)(H,23,24). The lowest BCUT2D eigenvalue weighted by Crippen LogP contribution is -2.45. The molecule has 1 aromatic heterocycles. The van der Waals surface area contributed by atoms with Crippen molar-refractivity contribution in [2.75, 3.05) is 13.2 Å². The van der Waals surface area contributed by atoms with E-state index in [0.717, 1.165) is 19.3 Å². The molecule has 1 aliphatic heterocycles. The number of carbonyl (C=O) groups is 1. The van der Waals surface area contributed by atoms with Crippen molar-refractivity contribution in [3.63, 3.8) is 0 Å². The Balaban J connectivity index is 1.73. The van der Waals surface area contributed by atoms with Gasteiger partial charge >= 0.3 is 0 Å². The summed E-state index contributed by atoms with van der Waals surface area (Å²) in [6.07, 6.45) is 2.66. The van der Waals surface area contributed by atoms with Crippen LogP contribution < -0.4 is 10.9 Å². The number of hydrogen-bond donors (Lipinski definition) is 2. The molecular formula is C21H26N2O3. The Morgan fingerprint density at radius 2 is 1.92 bits per heavy atom. The van der Waals surface area contributed by atoms with Crippen molar-refractivity contribution in [3.05, 3.63) is 70.1 Å². The molecule has 1 amide bonds. The van der Waals surface area contributed by atoms with Crippen molar-refractivity contribution < 1.29 is 9.53 Å². The van der Waals surface area contributed by atoms with Crippen LogP contribution in [0.25, 0.3) is 0 Å². The maximum Gasteiger partial charge on any atom is 0.267 e. The van der Waals surface area contributed by atoms with Gasteiger partial charge in [0.15, 0.2) is 0 Å². The molecule has 2 N–H and O–H groups in total. The first-order valence-electron chi connectivity index (χ1n) is 9.07. The SMILES string of the molecule is CC1(C)CC(CCNC(=O)c2cccc(=O)[nH]2)(c2ccccc2)CCO1. The van der Waals surface area contributed by atoms with Crippen LogP contribution in [-0.4, -0.2) is 29.6 Å². The summed E-state index contributed by atoms with van der Waals surface area (Å²) in [5.41, 5.74) is 1.09. The third-order valence-electron chi connectivity index (χ3n) is 5.13. The van der Waals surface area contributed by atoms with Crippen LogP contribution in [0.15, 0.2) is 53.3 Å². The van der Waals surface area contributed by atoms with Crippen molar-refractivity contribution >= 4 is 5.91 Å². The Bertz CT molecular complexity index is 813. The average Bonchev–Trinajstić information content (AvgIpc) is 2.61. The van der Waals surface area contributed by atoms with Gasteiger partial charge in [0, 0.05) is 24.6 Å². The van der Waals surface area contributed by atoms with Crippen molar-refractivity contribution in [1.29, 1.82) is 0 Å². The van der Waals surface area contributed by atoms with Gasteiger partial charge in [0.2, 0.25) is 5.56 Å². The number of amides is 1. The minimum absolute atomic E-state index is 0.0274. The smallest absolute Gasteiger partial charge is 0.267 e. The maximum absolute atomic E-state index is 12.3. The zero-order valence-corrected chi connectivity index (χ0v) is 15.4. The Morgan fingerprint density at radius 1 is 1.15 bits per heavy atom. The van der Waals surface area contributed by atoms with E-state index in [1.807, 2.05) is 6.07 Å². The number of rotatable bonds is 5. The number of pyridine rings is 1. The molecule has 5 nitrogen and oxygen atoms in total. The zero-order valence-electron chi connectivity index (χ0n) is 15.4. The zero-order chi connectivity index (χ0) is 18.6. The molecule has 1 fully saturated rings. The van der Waals surface area contributed by atoms with Gasteiger partial charge in [0.1, 0.15) is 5.69 Å². The molecule has 2 heterocycles. The average molecular weight is 354 g/mol. The van der Waals surface area contributed by atoms with Crippen LogP contribution >= 0.6 is 0 Å². The Morgan fingerprint density at radius 3 is 2.62 bits per heavy atom. The Labute approximate surface area is 153 Å². The van der Waals surface area contributed by atoms with Gasteiger partial charge in [-0.3, -0.25) is 9.59 Å². The molecule has 3 rings (SSSR count). The van der Waals surface area contributed by atoms with Crippen LogP contribution in [0.2, 0.25) is 0 Å². The number of aromatic amines is 1. The summed E-state index contributed by atoms with van der Waals surface area (Å²) >= 11 is 0. The highest BCUT2D eigenvalue weighted by Crippen LogP contribution is 2.43. The topological polar surface area (TPSA) is 71.2 Å². The van der Waals surface area contributed by atoms with E-state index in [2.05, 4.69) is 48.4 Å². The maximum atomic E-state index is 12.3. The van der Waals surface area contributed by atoms with E-state index in [9.17, 15) is 9.59 Å². The van der Waals surface area contributed by atoms with E-state index in [0.29, 0.717) is 18.8 Å². The van der Waals surface area contributed by atoms with E-state index >= 15 is 0 Å². The largest absolute Gasteiger partial charge is 0.376 e. The predicted molar refractivity (Wildman–Crippen MR) is 101 cm³/mol. The third kappa shape index (κ3) is 4.22. The van der Waals surface area contributed by atoms with Gasteiger partial charge in [0.05, 0.1) is 5.60 Å². The quantitative estimate of drug-likeness (QED) is 0.867. The molecule has 0 spiro atoms. The molecule has 138 valence electrons. The predicted octanol–water partition coefficient (Wildman–Crippen LogP) is 3.02. The van der Waals surface area contributed by atoms with E-state index in [1.165, 1.54) is 11.6 Å². The summed E-state index contributed by atoms with van der Waals surface area (Å²) in [4.78, 5) is 26.2. The normalized spacial score (nSPS) is 21.9. The Kier molecular flexibility index (Phi) is 5.28. The summed E-state index contributed by atoms with van der Waals surface area (Å²) in [5.74, 6) is -0.253. The van der Waals surface area contributed by atoms with Gasteiger partial charge in [0.25, 0.3) is 5.91 Å². The number of H-pyrrole nitrogens is 1. The van der Waals surface area contributed by atoms with E-state index in [4.69, 9.17) is 4.74 Å². The third-order valence-corrected chi connectivity index (χ3v) is 5.13. The van der Waals surface area contributed by atoms with Gasteiger partial charge < -0.3 is 15.0 Å². The molecule has 0 bridgehead atoms. The second-order valence-corrected chi connectivity index (χ2v) is 7.62. The molecule has 0 radical (unpaired) electrons. The van der Waals surface area contributed by atoms with Crippen molar-refractivity contribution in [2.45, 2.75) is 44.1 Å². The molecule has 1 unspecified atom stereocenters. The lowest BCUT2D eigenvalue weighted by molar-refractivity contribution is -0.0838. The Hall–Kier alpha value is -2.40. The minimum atomic E-state index is -0.274. The molecule has 5 heteroatoms. The number of hydrogen-bond acceptors (Lipinski definition) is 3. The number of aromatic nitrogens is 1. The fourth-order valence-electron chi connectivity index (χ4n) is 3.96. The highest BCUT2D eigenvalue weighted by atomic mass is 16.5. The van der Waals surface area contributed by atoms with Crippen molar-refractivity contribution in [1.82, 2.24) is 10.3 Å². The minimum Gasteiger partial charge on any atom is -0.376 e. The van der Waals surface area contributed by atoms with Crippen LogP contribution in [0.5, 0.6) is 0 Å². The fraction of sp³-hybridized carbons (Fsp3) is 0.429. The first-order valence-corrected chi connectivity index (χ1v) is 9.07. The van der Waals surface area contributed by atoms with Gasteiger partial charge in [-0.2, -0.15) is 0 Å². The van der Waals surface area contributed by atoms with Crippen LogP contribution in [-0.2, 0) is 10.2 Å². The van der Waals surface area contributed by atoms with Gasteiger partial charge in [-0.05, 0) is 44.7 Å². The summed E-state index contributed by atoms with van der Waals surface area (Å²) in [5, 5.41) is 2.95. The molecular weight excluding hydrogens is 328 g/mol. The second kappa shape index (κ2) is 7.46. The van der Waals surface area contributed by atoms with Crippen LogP contribution in [0, 0.1) is 0 Å². The summed E-state index contributed by atoms with van der Waals surface area (Å²) < 4.78 is 5.92. The summed E-state index contributed by atoms with van der Waals surface area (Å²) in [7, 11) is 0. The van der Waals surface area contributed by atoms with Crippen LogP contribution in [0.3, 0.4) is 0 Å². The lowest BCUT2D eigenvalue weighted by Gasteiger charge is -2.45. The second-order valence-electron chi connectivity index (χ2n) is 7.62. The van der Waals surface area contributed by atoms with E-state index < -0.39 is 0 Å². The molecule has 1 aliphatic rings. The highest BCUT2D eigenvalue weighted by molar-refractivity contribution is 5.92. The molecule has 26 heavy (non-hydrogen) atoms. The summed E-state index contributed by atoms with van der Waals surface area (Å²) in [6, 6.07) is 15.1. The molecule has 2 aromatic rings. The van der Waals surface area contributed by atoms with Crippen molar-refractivity contribution in [3.8, 4) is 0 Å². The monoisotopic (exact) mass is 354 g/mol. The number of nitrogens with one attached hydrogen (secondary N) is 2. The van der Waals surface area contributed by atoms with E-state index in [1.54, 1.807) is 12.1 Å². The molecule has 0 aliphatic carbocycles. The first kappa shape index (κ1) is 18.4. The van der Waals surface area contributed by atoms with Crippen LogP contribution in [0.1, 0.15) is 49.2 Å². The number of carbonyl (C=O) groups excluding carboxylic acids is 1. The summed E-state index contributed by atoms with van der Waals surface area (Å²) in [6.45, 7) is 5.50. The van der Waals surface area contributed by atoms with Gasteiger partial charge in [-0.1, -0.05) is 36.4 Å². The first-order chi connectivity index (χ1) is 12.4. The fourth-order valence-corrected chi connectivity index (χ4v) is 3.96. The van der Waals surface area contributed by atoms with Gasteiger partial charge in [-0.25, -0.2) is 0 Å². The molecule has 1 saturated heterocycles. The number of ether oxygens (including phenoxy) is 1. The number of benzene rings is 1. The van der Waals surface area contributed by atoms with Crippen LogP contribution in [0.4, 0.5) is 0 Å².